The second-order valence-electron chi connectivity index (χ2n) is 16.8. The zero-order valence-corrected chi connectivity index (χ0v) is 41.2. The first-order valence-electron chi connectivity index (χ1n) is 23.4. The Morgan fingerprint density at radius 1 is 0.857 bits per heavy atom. The summed E-state index contributed by atoms with van der Waals surface area (Å²) in [6.07, 6.45) is 3.95. The Balaban J connectivity index is 0.000000263. The molecule has 3 atom stereocenters. The van der Waals surface area contributed by atoms with E-state index >= 15 is 0 Å². The van der Waals surface area contributed by atoms with Crippen molar-refractivity contribution >= 4 is 47.7 Å². The molecule has 0 radical (unpaired) electrons. The van der Waals surface area contributed by atoms with Crippen LogP contribution in [0, 0.1) is 6.92 Å². The molecular formula is C50H67N7O13. The van der Waals surface area contributed by atoms with Crippen LogP contribution in [-0.2, 0) is 21.3 Å². The number of amides is 6. The van der Waals surface area contributed by atoms with Crippen LogP contribution in [0.4, 0.5) is 21.0 Å². The number of ether oxygens (including phenoxy) is 6. The van der Waals surface area contributed by atoms with Crippen LogP contribution >= 0.6 is 0 Å². The van der Waals surface area contributed by atoms with Crippen molar-refractivity contribution in [2.75, 3.05) is 83.2 Å². The van der Waals surface area contributed by atoms with Crippen LogP contribution in [0.2, 0.25) is 0 Å². The summed E-state index contributed by atoms with van der Waals surface area (Å²) in [5.74, 6) is 0.748. The second kappa shape index (κ2) is 24.9. The zero-order valence-electron chi connectivity index (χ0n) is 41.2. The fourth-order valence-corrected chi connectivity index (χ4v) is 8.55. The number of benzene rings is 2. The molecule has 6 amide bonds. The number of aromatic nitrogens is 1. The highest BCUT2D eigenvalue weighted by atomic mass is 16.6. The third kappa shape index (κ3) is 11.8. The number of rotatable bonds is 20. The van der Waals surface area contributed by atoms with Crippen molar-refractivity contribution < 1.29 is 62.3 Å². The van der Waals surface area contributed by atoms with E-state index < -0.39 is 24.0 Å². The van der Waals surface area contributed by atoms with E-state index in [0.29, 0.717) is 99.2 Å². The summed E-state index contributed by atoms with van der Waals surface area (Å²) in [5, 5.41) is 16.8. The van der Waals surface area contributed by atoms with Crippen LogP contribution in [0.5, 0.6) is 23.0 Å². The first-order valence-corrected chi connectivity index (χ1v) is 23.4. The van der Waals surface area contributed by atoms with E-state index in [0.717, 1.165) is 23.4 Å². The molecule has 1 saturated heterocycles. The number of nitrogens with one attached hydrogen (secondary N) is 2. The smallest absolute Gasteiger partial charge is 0.416 e. The number of hydrogen-bond donors (Lipinski definition) is 3. The molecule has 20 nitrogen and oxygen atoms in total. The van der Waals surface area contributed by atoms with Crippen molar-refractivity contribution in [1.82, 2.24) is 25.0 Å². The van der Waals surface area contributed by atoms with Gasteiger partial charge in [-0.1, -0.05) is 32.2 Å². The van der Waals surface area contributed by atoms with Gasteiger partial charge in [-0.05, 0) is 77.1 Å². The van der Waals surface area contributed by atoms with Gasteiger partial charge < -0.3 is 58.5 Å². The summed E-state index contributed by atoms with van der Waals surface area (Å²) in [6, 6.07) is 9.89. The molecule has 3 aliphatic rings. The van der Waals surface area contributed by atoms with Crippen LogP contribution in [0.1, 0.15) is 89.8 Å². The van der Waals surface area contributed by atoms with Gasteiger partial charge in [-0.25, -0.2) is 14.5 Å². The summed E-state index contributed by atoms with van der Waals surface area (Å²) in [6.45, 7) is 17.2. The Kier molecular flexibility index (Phi) is 19.1. The van der Waals surface area contributed by atoms with Crippen LogP contribution < -0.4 is 39.4 Å². The monoisotopic (exact) mass is 973 g/mol. The average molecular weight is 974 g/mol. The molecule has 20 heteroatoms. The van der Waals surface area contributed by atoms with Crippen molar-refractivity contribution in [2.24, 2.45) is 7.05 Å². The van der Waals surface area contributed by atoms with Gasteiger partial charge in [0.05, 0.1) is 61.5 Å². The maximum atomic E-state index is 13.6. The lowest BCUT2D eigenvalue weighted by Gasteiger charge is -2.44. The summed E-state index contributed by atoms with van der Waals surface area (Å²) < 4.78 is 35.2. The third-order valence-electron chi connectivity index (χ3n) is 12.6. The lowest BCUT2D eigenvalue weighted by Crippen LogP contribution is -2.61. The van der Waals surface area contributed by atoms with Gasteiger partial charge in [0.2, 0.25) is 6.41 Å². The Morgan fingerprint density at radius 2 is 1.46 bits per heavy atom. The molecule has 6 rings (SSSR count). The normalized spacial score (nSPS) is 18.1. The van der Waals surface area contributed by atoms with Crippen molar-refractivity contribution in [2.45, 2.75) is 77.6 Å². The van der Waals surface area contributed by atoms with Gasteiger partial charge in [-0.3, -0.25) is 24.1 Å². The fraction of sp³-hybridized carbons (Fsp3) is 0.480. The summed E-state index contributed by atoms with van der Waals surface area (Å²) in [4.78, 5) is 81.7. The zero-order chi connectivity index (χ0) is 51.1. The maximum Gasteiger partial charge on any atom is 0.416 e. The molecule has 3 aliphatic heterocycles. The van der Waals surface area contributed by atoms with Gasteiger partial charge in [-0.2, -0.15) is 0 Å². The summed E-state index contributed by atoms with van der Waals surface area (Å²) >= 11 is 0. The maximum absolute atomic E-state index is 13.6. The lowest BCUT2D eigenvalue weighted by atomic mass is 9.93. The van der Waals surface area contributed by atoms with Gasteiger partial charge in [0.15, 0.2) is 29.2 Å². The van der Waals surface area contributed by atoms with E-state index in [1.165, 1.54) is 43.4 Å². The highest BCUT2D eigenvalue weighted by Crippen LogP contribution is 2.43. The SMILES string of the molecule is C=CCOC(=O)N1CC2CCCN2C(=O)c2cc(OC)c(OCCCNC(=O)c3ccc(C)n3C)cc21.C=CCOC(=O)N1c2cc(OCCCNC=O)c(OC)cc2C(=O)N(CC)C(C)(CC)C1O. The van der Waals surface area contributed by atoms with Gasteiger partial charge in [0.1, 0.15) is 18.9 Å². The average Bonchev–Trinajstić information content (AvgIpc) is 3.94. The molecule has 1 aromatic heterocycles. The quantitative estimate of drug-likeness (QED) is 0.0716. The number of methoxy groups -OCH3 is 2. The number of carbonyl (C=O) groups is 6. The largest absolute Gasteiger partial charge is 0.493 e. The van der Waals surface area contributed by atoms with E-state index in [-0.39, 0.29) is 60.6 Å². The molecule has 0 saturated carbocycles. The highest BCUT2D eigenvalue weighted by Gasteiger charge is 2.50. The molecule has 3 aromatic rings. The Hall–Kier alpha value is -7.22. The van der Waals surface area contributed by atoms with Gasteiger partial charge in [0, 0.05) is 57.6 Å². The van der Waals surface area contributed by atoms with E-state index in [1.807, 2.05) is 43.4 Å². The van der Waals surface area contributed by atoms with Crippen LogP contribution in [0.15, 0.2) is 61.7 Å². The number of likely N-dealkylation sites (N-methyl/N-ethyl adjacent to an activating group) is 1. The number of hydrogen-bond acceptors (Lipinski definition) is 13. The Labute approximate surface area is 409 Å². The molecule has 0 bridgehead atoms. The summed E-state index contributed by atoms with van der Waals surface area (Å²) in [7, 11) is 4.80. The Morgan fingerprint density at radius 3 is 2.01 bits per heavy atom. The van der Waals surface area contributed by atoms with Crippen molar-refractivity contribution in [1.29, 1.82) is 0 Å². The van der Waals surface area contributed by atoms with Gasteiger partial charge >= 0.3 is 12.2 Å². The van der Waals surface area contributed by atoms with Crippen LogP contribution in [0.25, 0.3) is 0 Å². The second-order valence-corrected chi connectivity index (χ2v) is 16.8. The first-order chi connectivity index (χ1) is 33.6. The minimum atomic E-state index is -1.39. The number of nitrogens with zero attached hydrogens (tertiary/aromatic N) is 5. The van der Waals surface area contributed by atoms with E-state index in [1.54, 1.807) is 30.0 Å². The summed E-state index contributed by atoms with van der Waals surface area (Å²) in [5.41, 5.74) is 1.65. The lowest BCUT2D eigenvalue weighted by molar-refractivity contribution is -0.109. The topological polar surface area (TPSA) is 220 Å². The molecule has 1 fully saturated rings. The van der Waals surface area contributed by atoms with Gasteiger partial charge in [0.25, 0.3) is 17.7 Å². The van der Waals surface area contributed by atoms with Crippen molar-refractivity contribution in [3.8, 4) is 23.0 Å². The highest BCUT2D eigenvalue weighted by molar-refractivity contribution is 6.07. The van der Waals surface area contributed by atoms with Gasteiger partial charge in [-0.15, -0.1) is 0 Å². The minimum absolute atomic E-state index is 0.0606. The number of aliphatic hydroxyl groups excluding tert-OH is 1. The molecule has 70 heavy (non-hydrogen) atoms. The number of anilines is 2. The van der Waals surface area contributed by atoms with Crippen molar-refractivity contribution in [3.05, 3.63) is 84.2 Å². The minimum Gasteiger partial charge on any atom is -0.493 e. The molecule has 0 spiro atoms. The first kappa shape index (κ1) is 53.7. The predicted molar refractivity (Wildman–Crippen MR) is 261 cm³/mol. The molecule has 3 unspecified atom stereocenters. The third-order valence-corrected chi connectivity index (χ3v) is 12.6. The molecule has 4 heterocycles. The number of carbonyl (C=O) groups excluding carboxylic acids is 6. The number of aryl methyl sites for hydroxylation is 1. The molecule has 0 aliphatic carbocycles. The van der Waals surface area contributed by atoms with Crippen LogP contribution in [0.3, 0.4) is 0 Å². The molecular weight excluding hydrogens is 907 g/mol. The molecule has 380 valence electrons. The number of aliphatic hydroxyl groups is 1. The Bertz CT molecular complexity index is 2390. The van der Waals surface area contributed by atoms with Crippen molar-refractivity contribution in [3.63, 3.8) is 0 Å². The fourth-order valence-electron chi connectivity index (χ4n) is 8.55. The molecule has 3 N–H and O–H groups in total. The standard InChI is InChI=1S/C27H34N4O6.C23H33N3O7/c1-5-13-37-27(34)31-17-19-8-6-12-30(19)26(33)20-15-23(35-4)24(16-22(20)31)36-14-7-11-28-25(32)21-10-9-18(2)29(21)3;1-6-11-33-22(30)26-17-14-19(32-12-9-10-24-15-27)18(31-5)13-16(17)20(28)25(8-3)23(4,7-2)21(26)29/h5,9-10,15-16,19H,1,6-8,11-14,17H2,2-4H3,(H,28,32);6,13-15,21,29H,1,7-12H2,2-5H3,(H,24,27). The predicted octanol–water partition coefficient (Wildman–Crippen LogP) is 5.59. The number of fused-ring (bicyclic) bond motifs is 3. The van der Waals surface area contributed by atoms with E-state index in [2.05, 4.69) is 23.8 Å². The molecule has 2 aromatic carbocycles. The van der Waals surface area contributed by atoms with E-state index in [4.69, 9.17) is 28.4 Å². The van der Waals surface area contributed by atoms with E-state index in [9.17, 15) is 33.9 Å². The van der Waals surface area contributed by atoms with Crippen LogP contribution in [-0.4, -0.2) is 147 Å².